The minimum atomic E-state index is -3.43. The number of nitrogens with one attached hydrogen (secondary N) is 2. The van der Waals surface area contributed by atoms with Crippen LogP contribution in [0.25, 0.3) is 0 Å². The monoisotopic (exact) mass is 388 g/mol. The minimum Gasteiger partial charge on any atom is -0.347 e. The zero-order valence-corrected chi connectivity index (χ0v) is 14.3. The Hall–Kier alpha value is -1.22. The van der Waals surface area contributed by atoms with Gasteiger partial charge in [-0.3, -0.25) is 4.79 Å². The van der Waals surface area contributed by atoms with E-state index in [4.69, 9.17) is 0 Å². The molecule has 0 unspecified atom stereocenters. The number of thiophene rings is 1. The highest BCUT2D eigenvalue weighted by atomic mass is 79.9. The van der Waals surface area contributed by atoms with Crippen molar-refractivity contribution in [2.45, 2.75) is 10.8 Å². The summed E-state index contributed by atoms with van der Waals surface area (Å²) in [6.07, 6.45) is 0. The Kier molecular flexibility index (Phi) is 5.15. The molecule has 1 heterocycles. The molecule has 2 aromatic rings. The zero-order valence-electron chi connectivity index (χ0n) is 11.1. The van der Waals surface area contributed by atoms with Gasteiger partial charge in [-0.2, -0.15) is 0 Å². The fourth-order valence-corrected chi connectivity index (χ4v) is 4.20. The molecule has 8 heteroatoms. The van der Waals surface area contributed by atoms with Gasteiger partial charge >= 0.3 is 0 Å². The van der Waals surface area contributed by atoms with Gasteiger partial charge in [0, 0.05) is 9.35 Å². The van der Waals surface area contributed by atoms with Crippen LogP contribution < -0.4 is 10.0 Å². The number of rotatable bonds is 5. The second-order valence-electron chi connectivity index (χ2n) is 4.09. The summed E-state index contributed by atoms with van der Waals surface area (Å²) in [6, 6.07) is 10.3. The van der Waals surface area contributed by atoms with Crippen LogP contribution >= 0.6 is 27.3 Å². The molecule has 5 nitrogen and oxygen atoms in total. The molecule has 0 aliphatic heterocycles. The van der Waals surface area contributed by atoms with Crippen molar-refractivity contribution in [3.8, 4) is 0 Å². The van der Waals surface area contributed by atoms with E-state index in [-0.39, 0.29) is 16.7 Å². The van der Waals surface area contributed by atoms with Gasteiger partial charge in [-0.25, -0.2) is 13.1 Å². The number of halogens is 1. The fraction of sp³-hybridized carbons (Fsp3) is 0.154. The van der Waals surface area contributed by atoms with Gasteiger partial charge in [0.2, 0.25) is 10.0 Å². The van der Waals surface area contributed by atoms with Gasteiger partial charge in [-0.15, -0.1) is 11.3 Å². The first-order chi connectivity index (χ1) is 9.94. The summed E-state index contributed by atoms with van der Waals surface area (Å²) in [6.45, 7) is 0.282. The van der Waals surface area contributed by atoms with Crippen LogP contribution in [0.1, 0.15) is 15.2 Å². The third-order valence-electron chi connectivity index (χ3n) is 2.71. The number of sulfonamides is 1. The maximum Gasteiger partial charge on any atom is 0.252 e. The molecule has 0 bridgehead atoms. The number of hydrogen-bond acceptors (Lipinski definition) is 4. The lowest BCUT2D eigenvalue weighted by molar-refractivity contribution is 0.0950. The summed E-state index contributed by atoms with van der Waals surface area (Å²) in [5, 5.41) is 2.77. The molecule has 0 spiro atoms. The SMILES string of the molecule is CNS(=O)(=O)c1ccc(CNC(=O)c2ccccc2Br)s1. The van der Waals surface area contributed by atoms with Crippen LogP contribution in [-0.4, -0.2) is 21.4 Å². The molecule has 0 atom stereocenters. The highest BCUT2D eigenvalue weighted by Crippen LogP contribution is 2.21. The third kappa shape index (κ3) is 3.91. The van der Waals surface area contributed by atoms with Crippen molar-refractivity contribution in [1.29, 1.82) is 0 Å². The second-order valence-corrected chi connectivity index (χ2v) is 8.23. The van der Waals surface area contributed by atoms with Crippen LogP contribution in [-0.2, 0) is 16.6 Å². The van der Waals surface area contributed by atoms with Crippen LogP contribution in [0.4, 0.5) is 0 Å². The van der Waals surface area contributed by atoms with E-state index in [1.54, 1.807) is 24.3 Å². The Morgan fingerprint density at radius 3 is 2.62 bits per heavy atom. The van der Waals surface area contributed by atoms with E-state index in [1.807, 2.05) is 6.07 Å². The van der Waals surface area contributed by atoms with Gasteiger partial charge in [0.05, 0.1) is 12.1 Å². The van der Waals surface area contributed by atoms with Gasteiger partial charge < -0.3 is 5.32 Å². The Morgan fingerprint density at radius 2 is 1.95 bits per heavy atom. The molecule has 0 radical (unpaired) electrons. The lowest BCUT2D eigenvalue weighted by Crippen LogP contribution is -2.22. The molecule has 21 heavy (non-hydrogen) atoms. The first-order valence-electron chi connectivity index (χ1n) is 5.99. The van der Waals surface area contributed by atoms with Crippen LogP contribution in [0.3, 0.4) is 0 Å². The molecule has 2 rings (SSSR count). The smallest absolute Gasteiger partial charge is 0.252 e. The van der Waals surface area contributed by atoms with Crippen LogP contribution in [0.15, 0.2) is 45.1 Å². The van der Waals surface area contributed by atoms with E-state index >= 15 is 0 Å². The number of hydrogen-bond donors (Lipinski definition) is 2. The van der Waals surface area contributed by atoms with Gasteiger partial charge in [0.25, 0.3) is 5.91 Å². The molecule has 0 saturated carbocycles. The molecule has 0 aliphatic rings. The van der Waals surface area contributed by atoms with Crippen molar-refractivity contribution in [1.82, 2.24) is 10.0 Å². The zero-order chi connectivity index (χ0) is 15.5. The topological polar surface area (TPSA) is 75.3 Å². The summed E-state index contributed by atoms with van der Waals surface area (Å²) < 4.78 is 26.5. The van der Waals surface area contributed by atoms with E-state index < -0.39 is 10.0 Å². The van der Waals surface area contributed by atoms with Gasteiger partial charge in [-0.05, 0) is 47.2 Å². The number of carbonyl (C=O) groups is 1. The maximum atomic E-state index is 12.0. The predicted octanol–water partition coefficient (Wildman–Crippen LogP) is 2.35. The van der Waals surface area contributed by atoms with Crippen molar-refractivity contribution in [2.75, 3.05) is 7.05 Å². The number of carbonyl (C=O) groups excluding carboxylic acids is 1. The molecular weight excluding hydrogens is 376 g/mol. The Labute approximate surface area is 135 Å². The van der Waals surface area contributed by atoms with E-state index in [9.17, 15) is 13.2 Å². The van der Waals surface area contributed by atoms with Gasteiger partial charge in [-0.1, -0.05) is 12.1 Å². The lowest BCUT2D eigenvalue weighted by Gasteiger charge is -2.05. The summed E-state index contributed by atoms with van der Waals surface area (Å²) in [4.78, 5) is 12.8. The van der Waals surface area contributed by atoms with E-state index in [0.717, 1.165) is 16.2 Å². The Balaban J connectivity index is 2.04. The Morgan fingerprint density at radius 1 is 1.24 bits per heavy atom. The largest absolute Gasteiger partial charge is 0.347 e. The molecule has 2 N–H and O–H groups in total. The van der Waals surface area contributed by atoms with Crippen LogP contribution in [0, 0.1) is 0 Å². The summed E-state index contributed by atoms with van der Waals surface area (Å²) in [5.74, 6) is -0.214. The first-order valence-corrected chi connectivity index (χ1v) is 9.08. The number of amides is 1. The van der Waals surface area contributed by atoms with Crippen molar-refractivity contribution >= 4 is 43.2 Å². The second kappa shape index (κ2) is 6.69. The maximum absolute atomic E-state index is 12.0. The van der Waals surface area contributed by atoms with Crippen molar-refractivity contribution < 1.29 is 13.2 Å². The summed E-state index contributed by atoms with van der Waals surface area (Å²) in [5.41, 5.74) is 0.539. The summed E-state index contributed by atoms with van der Waals surface area (Å²) >= 11 is 4.45. The van der Waals surface area contributed by atoms with E-state index in [1.165, 1.54) is 13.1 Å². The standard InChI is InChI=1S/C13H13BrN2O3S2/c1-15-21(18,19)12-7-6-9(20-12)8-16-13(17)10-4-2-3-5-11(10)14/h2-7,15H,8H2,1H3,(H,16,17). The number of benzene rings is 1. The normalized spacial score (nSPS) is 11.3. The summed E-state index contributed by atoms with van der Waals surface area (Å²) in [7, 11) is -2.06. The average molecular weight is 389 g/mol. The Bertz CT molecular complexity index is 756. The molecule has 0 fully saturated rings. The quantitative estimate of drug-likeness (QED) is 0.825. The average Bonchev–Trinajstić information content (AvgIpc) is 2.95. The van der Waals surface area contributed by atoms with Crippen molar-refractivity contribution in [3.05, 3.63) is 51.3 Å². The third-order valence-corrected chi connectivity index (χ3v) is 6.40. The van der Waals surface area contributed by atoms with E-state index in [0.29, 0.717) is 10.0 Å². The molecule has 1 aromatic carbocycles. The molecule has 1 aromatic heterocycles. The molecular formula is C13H13BrN2O3S2. The highest BCUT2D eigenvalue weighted by molar-refractivity contribution is 9.10. The van der Waals surface area contributed by atoms with Crippen LogP contribution in [0.2, 0.25) is 0 Å². The highest BCUT2D eigenvalue weighted by Gasteiger charge is 2.15. The molecule has 0 saturated heterocycles. The molecule has 0 aliphatic carbocycles. The molecule has 1 amide bonds. The van der Waals surface area contributed by atoms with Gasteiger partial charge in [0.15, 0.2) is 0 Å². The predicted molar refractivity (Wildman–Crippen MR) is 85.9 cm³/mol. The first kappa shape index (κ1) is 16.2. The molecule has 112 valence electrons. The van der Waals surface area contributed by atoms with E-state index in [2.05, 4.69) is 26.0 Å². The van der Waals surface area contributed by atoms with Crippen LogP contribution in [0.5, 0.6) is 0 Å². The van der Waals surface area contributed by atoms with Crippen molar-refractivity contribution in [3.63, 3.8) is 0 Å². The van der Waals surface area contributed by atoms with Crippen molar-refractivity contribution in [2.24, 2.45) is 0 Å². The van der Waals surface area contributed by atoms with Gasteiger partial charge in [0.1, 0.15) is 4.21 Å². The fourth-order valence-electron chi connectivity index (χ4n) is 1.61. The lowest BCUT2D eigenvalue weighted by atomic mass is 10.2. The minimum absolute atomic E-state index is 0.214.